The van der Waals surface area contributed by atoms with Gasteiger partial charge in [0.05, 0.1) is 4.90 Å². The van der Waals surface area contributed by atoms with Crippen molar-refractivity contribution in [1.82, 2.24) is 14.8 Å². The summed E-state index contributed by atoms with van der Waals surface area (Å²) in [5, 5.41) is 7.31. The predicted molar refractivity (Wildman–Crippen MR) is 62.3 cm³/mol. The molecule has 0 N–H and O–H groups in total. The number of hydrogen-bond donors (Lipinski definition) is 0. The number of nitrogens with zero attached hydrogens (tertiary/aromatic N) is 3. The Morgan fingerprint density at radius 3 is 2.47 bits per heavy atom. The van der Waals surface area contributed by atoms with Gasteiger partial charge in [-0.15, -0.1) is 10.2 Å². The van der Waals surface area contributed by atoms with Crippen molar-refractivity contribution in [3.8, 4) is 0 Å². The molecular formula is C11H13N3O2S. The number of hydrogen-bond acceptors (Lipinski definition) is 4. The van der Waals surface area contributed by atoms with E-state index in [1.165, 1.54) is 10.9 Å². The van der Waals surface area contributed by atoms with Crippen molar-refractivity contribution in [1.29, 1.82) is 0 Å². The lowest BCUT2D eigenvalue weighted by Crippen LogP contribution is -2.10. The minimum absolute atomic E-state index is 0.0103. The molecule has 0 aliphatic heterocycles. The second kappa shape index (κ2) is 4.29. The van der Waals surface area contributed by atoms with Crippen molar-refractivity contribution in [3.63, 3.8) is 0 Å². The number of aromatic nitrogens is 3. The van der Waals surface area contributed by atoms with Crippen molar-refractivity contribution < 1.29 is 8.42 Å². The van der Waals surface area contributed by atoms with Gasteiger partial charge in [0.2, 0.25) is 9.84 Å². The van der Waals surface area contributed by atoms with Crippen molar-refractivity contribution in [2.75, 3.05) is 0 Å². The van der Waals surface area contributed by atoms with E-state index >= 15 is 0 Å². The van der Waals surface area contributed by atoms with E-state index in [4.69, 9.17) is 0 Å². The summed E-state index contributed by atoms with van der Waals surface area (Å²) in [5.41, 5.74) is 1.01. The molecule has 2 aromatic rings. The lowest BCUT2D eigenvalue weighted by atomic mass is 10.2. The molecule has 0 unspecified atom stereocenters. The monoisotopic (exact) mass is 251 g/mol. The van der Waals surface area contributed by atoms with Gasteiger partial charge in [0.25, 0.3) is 5.16 Å². The van der Waals surface area contributed by atoms with E-state index < -0.39 is 9.84 Å². The molecule has 1 aromatic heterocycles. The standard InChI is InChI=1S/C11H13N3O2S/c1-3-14-8-12-13-11(14)17(15,16)10-6-4-9(2)5-7-10/h4-8H,3H2,1-2H3. The molecule has 17 heavy (non-hydrogen) atoms. The number of benzene rings is 1. The van der Waals surface area contributed by atoms with E-state index in [1.54, 1.807) is 24.3 Å². The summed E-state index contributed by atoms with van der Waals surface area (Å²) < 4.78 is 26.0. The first-order valence-electron chi connectivity index (χ1n) is 5.25. The van der Waals surface area contributed by atoms with Gasteiger partial charge in [-0.1, -0.05) is 17.7 Å². The van der Waals surface area contributed by atoms with Crippen LogP contribution in [0.3, 0.4) is 0 Å². The van der Waals surface area contributed by atoms with E-state index in [9.17, 15) is 8.42 Å². The molecule has 0 spiro atoms. The van der Waals surface area contributed by atoms with E-state index in [1.807, 2.05) is 13.8 Å². The van der Waals surface area contributed by atoms with E-state index in [-0.39, 0.29) is 10.1 Å². The summed E-state index contributed by atoms with van der Waals surface area (Å²) in [4.78, 5) is 0.241. The topological polar surface area (TPSA) is 64.8 Å². The third-order valence-corrected chi connectivity index (χ3v) is 4.18. The highest BCUT2D eigenvalue weighted by molar-refractivity contribution is 7.91. The predicted octanol–water partition coefficient (Wildman–Crippen LogP) is 1.44. The van der Waals surface area contributed by atoms with Gasteiger partial charge in [-0.05, 0) is 26.0 Å². The van der Waals surface area contributed by atoms with Crippen LogP contribution in [0.4, 0.5) is 0 Å². The zero-order valence-corrected chi connectivity index (χ0v) is 10.5. The Labute approximate surface area is 100 Å². The zero-order valence-electron chi connectivity index (χ0n) is 9.66. The molecule has 0 saturated heterocycles. The molecule has 0 aliphatic carbocycles. The molecule has 0 atom stereocenters. The fourth-order valence-corrected chi connectivity index (χ4v) is 2.84. The molecule has 2 rings (SSSR count). The summed E-state index contributed by atoms with van der Waals surface area (Å²) in [5.74, 6) is 0. The van der Waals surface area contributed by atoms with Crippen molar-refractivity contribution in [3.05, 3.63) is 36.2 Å². The first kappa shape index (κ1) is 11.8. The van der Waals surface area contributed by atoms with Crippen molar-refractivity contribution >= 4 is 9.84 Å². The SMILES string of the molecule is CCn1cnnc1S(=O)(=O)c1ccc(C)cc1. The summed E-state index contributed by atoms with van der Waals surface area (Å²) in [6.45, 7) is 4.27. The quantitative estimate of drug-likeness (QED) is 0.828. The Kier molecular flexibility index (Phi) is 2.97. The fourth-order valence-electron chi connectivity index (χ4n) is 1.49. The maximum atomic E-state index is 12.3. The molecule has 0 radical (unpaired) electrons. The van der Waals surface area contributed by atoms with Crippen LogP contribution >= 0.6 is 0 Å². The largest absolute Gasteiger partial charge is 0.304 e. The molecule has 90 valence electrons. The zero-order chi connectivity index (χ0) is 12.5. The van der Waals surface area contributed by atoms with Crippen LogP contribution in [0.25, 0.3) is 0 Å². The first-order valence-corrected chi connectivity index (χ1v) is 6.73. The molecule has 0 saturated carbocycles. The van der Waals surface area contributed by atoms with Gasteiger partial charge in [0, 0.05) is 6.54 Å². The normalized spacial score (nSPS) is 11.6. The second-order valence-electron chi connectivity index (χ2n) is 3.72. The van der Waals surface area contributed by atoms with Gasteiger partial charge < -0.3 is 4.57 Å². The minimum atomic E-state index is -3.57. The second-order valence-corrected chi connectivity index (χ2v) is 5.56. The van der Waals surface area contributed by atoms with Crippen LogP contribution in [0.2, 0.25) is 0 Å². The fraction of sp³-hybridized carbons (Fsp3) is 0.273. The molecule has 0 fully saturated rings. The van der Waals surface area contributed by atoms with Gasteiger partial charge >= 0.3 is 0 Å². The molecule has 1 heterocycles. The molecular weight excluding hydrogens is 238 g/mol. The van der Waals surface area contributed by atoms with E-state index in [0.29, 0.717) is 6.54 Å². The van der Waals surface area contributed by atoms with Crippen LogP contribution < -0.4 is 0 Å². The number of rotatable bonds is 3. The van der Waals surface area contributed by atoms with Gasteiger partial charge in [-0.3, -0.25) is 0 Å². The highest BCUT2D eigenvalue weighted by Crippen LogP contribution is 2.18. The number of aryl methyl sites for hydroxylation is 2. The van der Waals surface area contributed by atoms with Crippen LogP contribution in [-0.4, -0.2) is 23.2 Å². The first-order chi connectivity index (χ1) is 8.05. The van der Waals surface area contributed by atoms with Gasteiger partial charge in [0.1, 0.15) is 6.33 Å². The minimum Gasteiger partial charge on any atom is -0.304 e. The smallest absolute Gasteiger partial charge is 0.254 e. The lowest BCUT2D eigenvalue weighted by molar-refractivity contribution is 0.568. The highest BCUT2D eigenvalue weighted by Gasteiger charge is 2.23. The molecule has 1 aromatic carbocycles. The van der Waals surface area contributed by atoms with Gasteiger partial charge in [-0.25, -0.2) is 8.42 Å². The van der Waals surface area contributed by atoms with Crippen molar-refractivity contribution in [2.45, 2.75) is 30.4 Å². The lowest BCUT2D eigenvalue weighted by Gasteiger charge is -2.05. The van der Waals surface area contributed by atoms with E-state index in [2.05, 4.69) is 10.2 Å². The molecule has 0 aliphatic rings. The molecule has 5 nitrogen and oxygen atoms in total. The Morgan fingerprint density at radius 2 is 1.88 bits per heavy atom. The Bertz CT molecular complexity index is 614. The summed E-state index contributed by atoms with van der Waals surface area (Å²) in [6, 6.07) is 6.69. The van der Waals surface area contributed by atoms with Crippen LogP contribution in [-0.2, 0) is 16.4 Å². The molecule has 6 heteroatoms. The Balaban J connectivity index is 2.54. The highest BCUT2D eigenvalue weighted by atomic mass is 32.2. The van der Waals surface area contributed by atoms with Crippen LogP contribution in [0.15, 0.2) is 40.6 Å². The third kappa shape index (κ3) is 2.08. The molecule has 0 bridgehead atoms. The number of sulfone groups is 1. The van der Waals surface area contributed by atoms with Crippen molar-refractivity contribution in [2.24, 2.45) is 0 Å². The summed E-state index contributed by atoms with van der Waals surface area (Å²) >= 11 is 0. The summed E-state index contributed by atoms with van der Waals surface area (Å²) in [7, 11) is -3.57. The Hall–Kier alpha value is -1.69. The third-order valence-electron chi connectivity index (χ3n) is 2.49. The van der Waals surface area contributed by atoms with Crippen LogP contribution in [0.1, 0.15) is 12.5 Å². The van der Waals surface area contributed by atoms with Crippen LogP contribution in [0, 0.1) is 6.92 Å². The average Bonchev–Trinajstić information content (AvgIpc) is 2.78. The maximum absolute atomic E-state index is 12.3. The Morgan fingerprint density at radius 1 is 1.24 bits per heavy atom. The molecule has 0 amide bonds. The average molecular weight is 251 g/mol. The van der Waals surface area contributed by atoms with Gasteiger partial charge in [0.15, 0.2) is 0 Å². The van der Waals surface area contributed by atoms with Crippen LogP contribution in [0.5, 0.6) is 0 Å². The summed E-state index contributed by atoms with van der Waals surface area (Å²) in [6.07, 6.45) is 1.42. The maximum Gasteiger partial charge on any atom is 0.254 e. The van der Waals surface area contributed by atoms with E-state index in [0.717, 1.165) is 5.56 Å². The van der Waals surface area contributed by atoms with Gasteiger partial charge in [-0.2, -0.15) is 0 Å².